The fourth-order valence-corrected chi connectivity index (χ4v) is 4.08. The zero-order valence-corrected chi connectivity index (χ0v) is 26.9. The van der Waals surface area contributed by atoms with Gasteiger partial charge in [0, 0.05) is 0 Å². The van der Waals surface area contributed by atoms with Crippen molar-refractivity contribution in [2.75, 3.05) is 28.4 Å². The van der Waals surface area contributed by atoms with Gasteiger partial charge in [0.25, 0.3) is 0 Å². The van der Waals surface area contributed by atoms with Crippen molar-refractivity contribution in [2.24, 2.45) is 10.2 Å². The van der Waals surface area contributed by atoms with Gasteiger partial charge in [0.1, 0.15) is 17.9 Å². The van der Waals surface area contributed by atoms with Crippen molar-refractivity contribution in [3.05, 3.63) is 107 Å². The Kier molecular flexibility index (Phi) is 12.4. The number of methoxy groups -OCH3 is 4. The molecule has 0 atom stereocenters. The molecule has 0 saturated carbocycles. The number of nitrogens with one attached hydrogen (secondary N) is 2. The van der Waals surface area contributed by atoms with E-state index in [1.54, 1.807) is 72.8 Å². The van der Waals surface area contributed by atoms with Gasteiger partial charge in [0.2, 0.25) is 11.8 Å². The molecule has 14 heteroatoms. The van der Waals surface area contributed by atoms with E-state index in [0.29, 0.717) is 45.6 Å². The second kappa shape index (κ2) is 17.3. The van der Waals surface area contributed by atoms with Crippen LogP contribution in [0.1, 0.15) is 38.3 Å². The van der Waals surface area contributed by atoms with E-state index in [1.807, 2.05) is 0 Å². The van der Waals surface area contributed by atoms with Gasteiger partial charge >= 0.3 is 11.9 Å². The number of amides is 2. The first-order chi connectivity index (χ1) is 23.7. The van der Waals surface area contributed by atoms with Gasteiger partial charge in [-0.15, -0.1) is 0 Å². The summed E-state index contributed by atoms with van der Waals surface area (Å²) in [4.78, 5) is 49.2. The van der Waals surface area contributed by atoms with E-state index < -0.39 is 30.2 Å². The van der Waals surface area contributed by atoms with Crippen LogP contribution >= 0.6 is 0 Å². The summed E-state index contributed by atoms with van der Waals surface area (Å²) in [7, 11) is 5.93. The largest absolute Gasteiger partial charge is 0.493 e. The molecule has 4 rings (SSSR count). The summed E-state index contributed by atoms with van der Waals surface area (Å²) in [6.45, 7) is 0. The first kappa shape index (κ1) is 35.2. The predicted octanol–water partition coefficient (Wildman–Crippen LogP) is 4.15. The van der Waals surface area contributed by atoms with E-state index in [0.717, 1.165) is 0 Å². The topological polar surface area (TPSA) is 172 Å². The molecule has 0 aliphatic carbocycles. The minimum atomic E-state index is -0.662. The summed E-state index contributed by atoms with van der Waals surface area (Å²) in [5.41, 5.74) is 6.28. The van der Waals surface area contributed by atoms with Crippen LogP contribution in [-0.2, 0) is 9.59 Å². The van der Waals surface area contributed by atoms with Crippen LogP contribution in [0.15, 0.2) is 95.1 Å². The molecule has 0 spiro atoms. The van der Waals surface area contributed by atoms with E-state index in [1.165, 1.54) is 53.0 Å². The summed E-state index contributed by atoms with van der Waals surface area (Å²) >= 11 is 0. The predicted molar refractivity (Wildman–Crippen MR) is 178 cm³/mol. The first-order valence-corrected chi connectivity index (χ1v) is 14.4. The molecule has 0 unspecified atom stereocenters. The van der Waals surface area contributed by atoms with Gasteiger partial charge in [0.15, 0.2) is 23.0 Å². The molecule has 0 aliphatic rings. The van der Waals surface area contributed by atoms with Crippen LogP contribution in [0, 0.1) is 0 Å². The van der Waals surface area contributed by atoms with Gasteiger partial charge in [0.05, 0.1) is 52.0 Å². The number of hydrogen-bond acceptors (Lipinski definition) is 12. The molecule has 2 amide bonds. The average Bonchev–Trinajstić information content (AvgIpc) is 3.12. The molecule has 4 aromatic carbocycles. The van der Waals surface area contributed by atoms with E-state index in [9.17, 15) is 19.2 Å². The van der Waals surface area contributed by atoms with E-state index in [2.05, 4.69) is 21.1 Å². The van der Waals surface area contributed by atoms with Crippen LogP contribution in [0.25, 0.3) is 0 Å². The quantitative estimate of drug-likeness (QED) is 0.0654. The Labute approximate surface area is 281 Å². The molecule has 2 N–H and O–H groups in total. The van der Waals surface area contributed by atoms with Crippen LogP contribution in [0.4, 0.5) is 0 Å². The highest BCUT2D eigenvalue weighted by atomic mass is 16.5. The lowest BCUT2D eigenvalue weighted by Gasteiger charge is -2.09. The van der Waals surface area contributed by atoms with Crippen LogP contribution in [0.5, 0.6) is 34.5 Å². The van der Waals surface area contributed by atoms with Crippen molar-refractivity contribution in [3.8, 4) is 34.5 Å². The van der Waals surface area contributed by atoms with Crippen molar-refractivity contribution in [1.82, 2.24) is 10.9 Å². The third-order valence-corrected chi connectivity index (χ3v) is 6.55. The lowest BCUT2D eigenvalue weighted by Crippen LogP contribution is -2.27. The molecule has 0 fully saturated rings. The van der Waals surface area contributed by atoms with Crippen molar-refractivity contribution in [1.29, 1.82) is 0 Å². The fourth-order valence-electron chi connectivity index (χ4n) is 4.08. The second-order valence-corrected chi connectivity index (χ2v) is 9.82. The normalized spacial score (nSPS) is 10.7. The number of benzene rings is 4. The first-order valence-electron chi connectivity index (χ1n) is 14.4. The number of rotatable bonds is 14. The number of esters is 2. The number of ether oxygens (including phenoxy) is 6. The minimum Gasteiger partial charge on any atom is -0.493 e. The molecule has 49 heavy (non-hydrogen) atoms. The Morgan fingerprint density at radius 2 is 0.898 bits per heavy atom. The monoisotopic (exact) mass is 668 g/mol. The van der Waals surface area contributed by atoms with Crippen LogP contribution < -0.4 is 39.3 Å². The summed E-state index contributed by atoms with van der Waals surface area (Å²) in [5, 5.41) is 7.67. The van der Waals surface area contributed by atoms with Gasteiger partial charge in [-0.25, -0.2) is 20.4 Å². The molecular weight excluding hydrogens is 636 g/mol. The highest BCUT2D eigenvalue weighted by Gasteiger charge is 2.14. The van der Waals surface area contributed by atoms with Crippen LogP contribution in [0.2, 0.25) is 0 Å². The third-order valence-electron chi connectivity index (χ3n) is 6.55. The van der Waals surface area contributed by atoms with E-state index in [-0.39, 0.29) is 11.1 Å². The van der Waals surface area contributed by atoms with Gasteiger partial charge < -0.3 is 28.4 Å². The zero-order chi connectivity index (χ0) is 35.2. The minimum absolute atomic E-state index is 0.280. The molecule has 0 aromatic heterocycles. The van der Waals surface area contributed by atoms with Crippen molar-refractivity contribution in [2.45, 2.75) is 6.42 Å². The Hall–Kier alpha value is -6.70. The van der Waals surface area contributed by atoms with Crippen LogP contribution in [-0.4, -0.2) is 64.6 Å². The zero-order valence-electron chi connectivity index (χ0n) is 26.9. The molecule has 0 saturated heterocycles. The molecule has 0 radical (unpaired) electrons. The highest BCUT2D eigenvalue weighted by Crippen LogP contribution is 2.29. The van der Waals surface area contributed by atoms with Gasteiger partial charge in [-0.2, -0.15) is 10.2 Å². The number of hydrogen-bond donors (Lipinski definition) is 2. The molecule has 4 aromatic rings. The highest BCUT2D eigenvalue weighted by molar-refractivity contribution is 5.97. The molecule has 0 heterocycles. The number of nitrogens with zero attached hydrogens (tertiary/aromatic N) is 2. The molecule has 0 aliphatic heterocycles. The maximum Gasteiger partial charge on any atom is 0.343 e. The van der Waals surface area contributed by atoms with Crippen LogP contribution in [0.3, 0.4) is 0 Å². The summed E-state index contributed by atoms with van der Waals surface area (Å²) in [5.74, 6) is -0.135. The lowest BCUT2D eigenvalue weighted by molar-refractivity contribution is -0.129. The average molecular weight is 669 g/mol. The summed E-state index contributed by atoms with van der Waals surface area (Å²) in [6, 6.07) is 22.1. The standard InChI is InChI=1S/C35H32N4O10/c1-44-28-15-9-24(17-30(28)46-3)34(42)48-26-11-5-22(6-12-26)20-36-38-32(40)19-33(41)39-37-21-23-7-13-27(14-8-23)49-35(43)25-10-16-29(45-2)31(18-25)47-4/h5-18,20-21H,19H2,1-4H3,(H,38,40)(H,39,41)/b36-20-,37-21-. The number of carbonyl (C=O) groups is 4. The molecule has 252 valence electrons. The third kappa shape index (κ3) is 10.1. The lowest BCUT2D eigenvalue weighted by atomic mass is 10.2. The van der Waals surface area contributed by atoms with E-state index in [4.69, 9.17) is 28.4 Å². The van der Waals surface area contributed by atoms with Crippen molar-refractivity contribution >= 4 is 36.2 Å². The summed E-state index contributed by atoms with van der Waals surface area (Å²) < 4.78 is 31.6. The van der Waals surface area contributed by atoms with Crippen molar-refractivity contribution < 1.29 is 47.6 Å². The summed E-state index contributed by atoms with van der Waals surface area (Å²) in [6.07, 6.45) is 2.20. The SMILES string of the molecule is COc1ccc(C(=O)Oc2ccc(/C=N\NC(=O)CC(=O)N/N=C\c3ccc(OC(=O)c4ccc(OC)c(OC)c4)cc3)cc2)cc1OC. The number of carbonyl (C=O) groups excluding carboxylic acids is 4. The van der Waals surface area contributed by atoms with Gasteiger partial charge in [-0.05, 0) is 96.1 Å². The van der Waals surface area contributed by atoms with Gasteiger partial charge in [-0.3, -0.25) is 9.59 Å². The van der Waals surface area contributed by atoms with Gasteiger partial charge in [-0.1, -0.05) is 0 Å². The molecule has 14 nitrogen and oxygen atoms in total. The molecule has 0 bridgehead atoms. The Bertz CT molecular complexity index is 1720. The van der Waals surface area contributed by atoms with E-state index >= 15 is 0 Å². The second-order valence-electron chi connectivity index (χ2n) is 9.82. The van der Waals surface area contributed by atoms with Crippen molar-refractivity contribution in [3.63, 3.8) is 0 Å². The maximum atomic E-state index is 12.5. The fraction of sp³-hybridized carbons (Fsp3) is 0.143. The number of hydrazone groups is 2. The Morgan fingerprint density at radius 3 is 1.24 bits per heavy atom. The Balaban J connectivity index is 1.18. The smallest absolute Gasteiger partial charge is 0.343 e. The molecular formula is C35H32N4O10. The Morgan fingerprint density at radius 1 is 0.531 bits per heavy atom. The maximum absolute atomic E-state index is 12.5.